The SMILES string of the molecule is CCc1ccc(CCC(=O)N2CCN(CC(=O)Nc3cc(C)on3)CC2)cc1. The number of benzene rings is 1. The lowest BCUT2D eigenvalue weighted by Crippen LogP contribution is -2.50. The monoisotopic (exact) mass is 384 g/mol. The molecule has 7 nitrogen and oxygen atoms in total. The van der Waals surface area contributed by atoms with E-state index in [0.29, 0.717) is 44.2 Å². The molecule has 2 aromatic rings. The quantitative estimate of drug-likeness (QED) is 0.792. The number of carbonyl (C=O) groups is 2. The molecule has 2 heterocycles. The van der Waals surface area contributed by atoms with Gasteiger partial charge in [0.25, 0.3) is 0 Å². The summed E-state index contributed by atoms with van der Waals surface area (Å²) in [6, 6.07) is 10.2. The lowest BCUT2D eigenvalue weighted by Gasteiger charge is -2.34. The van der Waals surface area contributed by atoms with Crippen molar-refractivity contribution >= 4 is 17.6 Å². The molecule has 7 heteroatoms. The first-order valence-electron chi connectivity index (χ1n) is 9.84. The van der Waals surface area contributed by atoms with Crippen molar-refractivity contribution in [3.63, 3.8) is 0 Å². The molecule has 0 spiro atoms. The Bertz CT molecular complexity index is 792. The van der Waals surface area contributed by atoms with Crippen LogP contribution >= 0.6 is 0 Å². The molecule has 0 aliphatic carbocycles. The van der Waals surface area contributed by atoms with E-state index >= 15 is 0 Å². The van der Waals surface area contributed by atoms with Crippen LogP contribution in [-0.4, -0.2) is 59.5 Å². The van der Waals surface area contributed by atoms with Crippen molar-refractivity contribution in [1.29, 1.82) is 0 Å². The molecule has 0 bridgehead atoms. The van der Waals surface area contributed by atoms with Crippen molar-refractivity contribution in [2.75, 3.05) is 38.0 Å². The van der Waals surface area contributed by atoms with Crippen LogP contribution in [0.4, 0.5) is 5.82 Å². The van der Waals surface area contributed by atoms with Crippen LogP contribution in [0.1, 0.15) is 30.2 Å². The minimum Gasteiger partial charge on any atom is -0.360 e. The van der Waals surface area contributed by atoms with Gasteiger partial charge in [-0.15, -0.1) is 0 Å². The van der Waals surface area contributed by atoms with Gasteiger partial charge in [-0.25, -0.2) is 0 Å². The predicted octanol–water partition coefficient (Wildman–Crippen LogP) is 2.26. The van der Waals surface area contributed by atoms with Gasteiger partial charge >= 0.3 is 0 Å². The van der Waals surface area contributed by atoms with Crippen molar-refractivity contribution in [1.82, 2.24) is 15.0 Å². The fourth-order valence-electron chi connectivity index (χ4n) is 3.32. The van der Waals surface area contributed by atoms with Gasteiger partial charge in [0.15, 0.2) is 5.82 Å². The Labute approximate surface area is 165 Å². The molecule has 28 heavy (non-hydrogen) atoms. The minimum absolute atomic E-state index is 0.122. The van der Waals surface area contributed by atoms with Crippen molar-refractivity contribution in [2.24, 2.45) is 0 Å². The maximum atomic E-state index is 12.5. The summed E-state index contributed by atoms with van der Waals surface area (Å²) >= 11 is 0. The van der Waals surface area contributed by atoms with Gasteiger partial charge in [0, 0.05) is 38.7 Å². The first-order chi connectivity index (χ1) is 13.5. The van der Waals surface area contributed by atoms with Crippen LogP contribution in [0.25, 0.3) is 0 Å². The fraction of sp³-hybridized carbons (Fsp3) is 0.476. The first-order valence-corrected chi connectivity index (χ1v) is 9.84. The van der Waals surface area contributed by atoms with Gasteiger partial charge in [0.1, 0.15) is 5.76 Å². The maximum absolute atomic E-state index is 12.5. The number of carbonyl (C=O) groups excluding carboxylic acids is 2. The first kappa shape index (κ1) is 20.1. The Kier molecular flexibility index (Phi) is 6.81. The number of hydrogen-bond donors (Lipinski definition) is 1. The van der Waals surface area contributed by atoms with Crippen LogP contribution in [0.2, 0.25) is 0 Å². The van der Waals surface area contributed by atoms with Gasteiger partial charge in [0.2, 0.25) is 11.8 Å². The number of nitrogens with one attached hydrogen (secondary N) is 1. The van der Waals surface area contributed by atoms with E-state index in [-0.39, 0.29) is 18.4 Å². The minimum atomic E-state index is -0.122. The molecule has 3 rings (SSSR count). The zero-order valence-electron chi connectivity index (χ0n) is 16.6. The number of amides is 2. The van der Waals surface area contributed by atoms with Crippen LogP contribution in [0, 0.1) is 6.92 Å². The molecular formula is C21H28N4O3. The average Bonchev–Trinajstić information content (AvgIpc) is 3.11. The highest BCUT2D eigenvalue weighted by Gasteiger charge is 2.22. The molecule has 150 valence electrons. The second-order valence-electron chi connectivity index (χ2n) is 7.20. The van der Waals surface area contributed by atoms with Gasteiger partial charge in [-0.05, 0) is 30.9 Å². The van der Waals surface area contributed by atoms with Crippen molar-refractivity contribution in [3.05, 3.63) is 47.2 Å². The summed E-state index contributed by atoms with van der Waals surface area (Å²) in [5.74, 6) is 1.15. The van der Waals surface area contributed by atoms with Crippen molar-refractivity contribution in [2.45, 2.75) is 33.1 Å². The molecule has 1 fully saturated rings. The highest BCUT2D eigenvalue weighted by Crippen LogP contribution is 2.11. The Morgan fingerprint density at radius 2 is 1.79 bits per heavy atom. The third-order valence-corrected chi connectivity index (χ3v) is 5.05. The molecule has 0 saturated carbocycles. The fourth-order valence-corrected chi connectivity index (χ4v) is 3.32. The molecule has 0 unspecified atom stereocenters. The molecule has 1 aliphatic rings. The van der Waals surface area contributed by atoms with Gasteiger partial charge in [0.05, 0.1) is 6.54 Å². The van der Waals surface area contributed by atoms with Crippen LogP contribution < -0.4 is 5.32 Å². The van der Waals surface area contributed by atoms with Crippen molar-refractivity contribution in [3.8, 4) is 0 Å². The lowest BCUT2D eigenvalue weighted by atomic mass is 10.1. The number of hydrogen-bond acceptors (Lipinski definition) is 5. The van der Waals surface area contributed by atoms with Gasteiger partial charge < -0.3 is 14.7 Å². The highest BCUT2D eigenvalue weighted by molar-refractivity contribution is 5.91. The Balaban J connectivity index is 1.37. The Morgan fingerprint density at radius 3 is 2.39 bits per heavy atom. The Morgan fingerprint density at radius 1 is 1.11 bits per heavy atom. The highest BCUT2D eigenvalue weighted by atomic mass is 16.5. The maximum Gasteiger partial charge on any atom is 0.239 e. The number of piperazine rings is 1. The standard InChI is InChI=1S/C21H28N4O3/c1-3-17-4-6-18(7-5-17)8-9-21(27)25-12-10-24(11-13-25)15-20(26)22-19-14-16(2)28-23-19/h4-7,14H,3,8-13,15H2,1-2H3,(H,22,23,26). The summed E-state index contributed by atoms with van der Waals surface area (Å²) in [5.41, 5.74) is 2.51. The third kappa shape index (κ3) is 5.66. The number of rotatable bonds is 7. The van der Waals surface area contributed by atoms with Crippen LogP contribution in [0.15, 0.2) is 34.9 Å². The van der Waals surface area contributed by atoms with Gasteiger partial charge in [-0.1, -0.05) is 36.3 Å². The van der Waals surface area contributed by atoms with E-state index < -0.39 is 0 Å². The zero-order chi connectivity index (χ0) is 19.9. The second kappa shape index (κ2) is 9.50. The summed E-state index contributed by atoms with van der Waals surface area (Å²) < 4.78 is 4.94. The van der Waals surface area contributed by atoms with E-state index in [0.717, 1.165) is 12.8 Å². The number of nitrogens with zero attached hydrogens (tertiary/aromatic N) is 3. The average molecular weight is 384 g/mol. The second-order valence-corrected chi connectivity index (χ2v) is 7.20. The molecule has 1 aliphatic heterocycles. The third-order valence-electron chi connectivity index (χ3n) is 5.05. The smallest absolute Gasteiger partial charge is 0.239 e. The van der Waals surface area contributed by atoms with E-state index in [1.54, 1.807) is 13.0 Å². The number of aromatic nitrogens is 1. The molecule has 1 aromatic carbocycles. The lowest BCUT2D eigenvalue weighted by molar-refractivity contribution is -0.133. The normalized spacial score (nSPS) is 14.9. The van der Waals surface area contributed by atoms with E-state index in [1.165, 1.54) is 11.1 Å². The van der Waals surface area contributed by atoms with Crippen LogP contribution in [0.5, 0.6) is 0 Å². The largest absolute Gasteiger partial charge is 0.360 e. The molecule has 2 amide bonds. The molecular weight excluding hydrogens is 356 g/mol. The summed E-state index contributed by atoms with van der Waals surface area (Å²) in [4.78, 5) is 28.5. The molecule has 1 N–H and O–H groups in total. The van der Waals surface area contributed by atoms with E-state index in [9.17, 15) is 9.59 Å². The molecule has 0 radical (unpaired) electrons. The summed E-state index contributed by atoms with van der Waals surface area (Å²) in [5, 5.41) is 6.49. The predicted molar refractivity (Wildman–Crippen MR) is 107 cm³/mol. The van der Waals surface area contributed by atoms with Gasteiger partial charge in [-0.3, -0.25) is 14.5 Å². The van der Waals surface area contributed by atoms with Crippen molar-refractivity contribution < 1.29 is 14.1 Å². The van der Waals surface area contributed by atoms with Crippen LogP contribution in [0.3, 0.4) is 0 Å². The molecule has 1 aromatic heterocycles. The number of aryl methyl sites for hydroxylation is 3. The van der Waals surface area contributed by atoms with Crippen LogP contribution in [-0.2, 0) is 22.4 Å². The molecule has 0 atom stereocenters. The summed E-state index contributed by atoms with van der Waals surface area (Å²) in [6.07, 6.45) is 2.32. The molecule has 1 saturated heterocycles. The van der Waals surface area contributed by atoms with E-state index in [2.05, 4.69) is 46.6 Å². The number of anilines is 1. The topological polar surface area (TPSA) is 78.7 Å². The summed E-state index contributed by atoms with van der Waals surface area (Å²) in [6.45, 7) is 6.91. The summed E-state index contributed by atoms with van der Waals surface area (Å²) in [7, 11) is 0. The van der Waals surface area contributed by atoms with E-state index in [4.69, 9.17) is 4.52 Å². The zero-order valence-corrected chi connectivity index (χ0v) is 16.6. The van der Waals surface area contributed by atoms with E-state index in [1.807, 2.05) is 4.90 Å². The van der Waals surface area contributed by atoms with Gasteiger partial charge in [-0.2, -0.15) is 0 Å². The Hall–Kier alpha value is -2.67.